The number of nitrogens with zero attached hydrogens (tertiary/aromatic N) is 4. The molecule has 0 radical (unpaired) electrons. The van der Waals surface area contributed by atoms with E-state index in [0.29, 0.717) is 17.1 Å². The van der Waals surface area contributed by atoms with Gasteiger partial charge in [0, 0.05) is 30.3 Å². The molecule has 0 saturated heterocycles. The molecule has 5 aromatic rings. The average molecular weight is 419 g/mol. The first-order valence-electron chi connectivity index (χ1n) is 9.13. The Balaban J connectivity index is 1.60. The summed E-state index contributed by atoms with van der Waals surface area (Å²) in [5, 5.41) is 13.0. The third-order valence-electron chi connectivity index (χ3n) is 4.88. The molecular weight excluding hydrogens is 402 g/mol. The minimum atomic E-state index is -3.27. The van der Waals surface area contributed by atoms with Gasteiger partial charge in [0.05, 0.1) is 33.9 Å². The molecule has 0 saturated carbocycles. The molecule has 1 N–H and O–H groups in total. The van der Waals surface area contributed by atoms with Crippen LogP contribution in [0.1, 0.15) is 0 Å². The van der Waals surface area contributed by atoms with E-state index in [9.17, 15) is 8.42 Å². The van der Waals surface area contributed by atoms with E-state index in [1.54, 1.807) is 29.2 Å². The smallest absolute Gasteiger partial charge is 0.175 e. The van der Waals surface area contributed by atoms with Crippen LogP contribution in [-0.4, -0.2) is 39.6 Å². The Kier molecular flexibility index (Phi) is 4.07. The Bertz CT molecular complexity index is 1500. The molecule has 3 heterocycles. The van der Waals surface area contributed by atoms with E-state index in [1.165, 1.54) is 18.4 Å². The van der Waals surface area contributed by atoms with Crippen molar-refractivity contribution in [2.45, 2.75) is 4.90 Å². The van der Waals surface area contributed by atoms with Crippen molar-refractivity contribution in [3.05, 3.63) is 60.9 Å². The van der Waals surface area contributed by atoms with Crippen LogP contribution in [-0.2, 0) is 16.9 Å². The van der Waals surface area contributed by atoms with E-state index in [1.807, 2.05) is 31.3 Å². The number of nitrogens with one attached hydrogen (secondary N) is 1. The lowest BCUT2D eigenvalue weighted by atomic mass is 10.1. The quantitative estimate of drug-likeness (QED) is 0.476. The fourth-order valence-electron chi connectivity index (χ4n) is 3.30. The number of H-pyrrole nitrogens is 1. The van der Waals surface area contributed by atoms with E-state index in [2.05, 4.69) is 15.3 Å². The summed E-state index contributed by atoms with van der Waals surface area (Å²) in [4.78, 5) is 5.00. The molecule has 0 amide bonds. The zero-order chi connectivity index (χ0) is 20.9. The summed E-state index contributed by atoms with van der Waals surface area (Å²) in [6.45, 7) is 0. The first kappa shape index (κ1) is 18.3. The number of aryl methyl sites for hydroxylation is 1. The molecule has 0 bridgehead atoms. The van der Waals surface area contributed by atoms with E-state index in [0.717, 1.165) is 27.5 Å². The highest BCUT2D eigenvalue weighted by molar-refractivity contribution is 7.90. The number of aromatic amines is 1. The van der Waals surface area contributed by atoms with E-state index >= 15 is 0 Å². The molecule has 0 aliphatic rings. The van der Waals surface area contributed by atoms with Crippen molar-refractivity contribution in [1.82, 2.24) is 25.0 Å². The fourth-order valence-corrected chi connectivity index (χ4v) is 3.93. The molecule has 5 rings (SSSR count). The first-order chi connectivity index (χ1) is 14.4. The van der Waals surface area contributed by atoms with Crippen molar-refractivity contribution in [3.63, 3.8) is 0 Å². The summed E-state index contributed by atoms with van der Waals surface area (Å²) < 4.78 is 31.2. The molecule has 0 spiro atoms. The predicted octanol–water partition coefficient (Wildman–Crippen LogP) is 3.71. The minimum Gasteiger partial charge on any atom is -0.456 e. The highest BCUT2D eigenvalue weighted by Gasteiger charge is 2.14. The Morgan fingerprint density at radius 2 is 1.83 bits per heavy atom. The van der Waals surface area contributed by atoms with Gasteiger partial charge in [-0.2, -0.15) is 10.2 Å². The maximum Gasteiger partial charge on any atom is 0.175 e. The third-order valence-corrected chi connectivity index (χ3v) is 6.01. The van der Waals surface area contributed by atoms with Crippen LogP contribution in [0.3, 0.4) is 0 Å². The molecule has 30 heavy (non-hydrogen) atoms. The highest BCUT2D eigenvalue weighted by atomic mass is 32.2. The van der Waals surface area contributed by atoms with Crippen LogP contribution in [0.2, 0.25) is 0 Å². The van der Waals surface area contributed by atoms with Gasteiger partial charge in [0.15, 0.2) is 15.5 Å². The number of pyridine rings is 1. The van der Waals surface area contributed by atoms with Crippen molar-refractivity contribution < 1.29 is 13.2 Å². The van der Waals surface area contributed by atoms with Crippen LogP contribution < -0.4 is 4.74 Å². The number of rotatable bonds is 4. The molecule has 0 aliphatic heterocycles. The van der Waals surface area contributed by atoms with Crippen LogP contribution in [0.25, 0.3) is 33.2 Å². The second kappa shape index (κ2) is 6.67. The van der Waals surface area contributed by atoms with Crippen molar-refractivity contribution in [2.75, 3.05) is 6.26 Å². The van der Waals surface area contributed by atoms with E-state index < -0.39 is 9.84 Å². The number of ether oxygens (including phenoxy) is 1. The Morgan fingerprint density at radius 1 is 1.03 bits per heavy atom. The number of aromatic nitrogens is 5. The second-order valence-electron chi connectivity index (χ2n) is 7.03. The monoisotopic (exact) mass is 419 g/mol. The van der Waals surface area contributed by atoms with Crippen molar-refractivity contribution in [1.29, 1.82) is 0 Å². The van der Waals surface area contributed by atoms with Gasteiger partial charge in [-0.25, -0.2) is 13.4 Å². The number of fused-ring (bicyclic) bond motifs is 2. The van der Waals surface area contributed by atoms with Crippen molar-refractivity contribution >= 4 is 31.8 Å². The fraction of sp³-hybridized carbons (Fsp3) is 0.0952. The number of hydrogen-bond acceptors (Lipinski definition) is 6. The lowest BCUT2D eigenvalue weighted by Gasteiger charge is -2.10. The lowest BCUT2D eigenvalue weighted by molar-refractivity contribution is 0.487. The number of sulfone groups is 1. The SMILES string of the molecule is Cn1ncc2c(Oc3ccc(S(C)(=O)=O)cc3)cc(-c3ccc4[nH]ncc4c3)nc21. The molecule has 0 atom stereocenters. The van der Waals surface area contributed by atoms with E-state index in [4.69, 9.17) is 9.72 Å². The molecule has 0 fully saturated rings. The molecule has 0 unspecified atom stereocenters. The summed E-state index contributed by atoms with van der Waals surface area (Å²) in [5.74, 6) is 1.11. The summed E-state index contributed by atoms with van der Waals surface area (Å²) in [6, 6.07) is 14.1. The molecule has 3 aromatic heterocycles. The third kappa shape index (κ3) is 3.18. The number of hydrogen-bond donors (Lipinski definition) is 1. The maximum absolute atomic E-state index is 11.7. The van der Waals surface area contributed by atoms with Gasteiger partial charge in [-0.15, -0.1) is 0 Å². The van der Waals surface area contributed by atoms with Gasteiger partial charge in [0.1, 0.15) is 11.5 Å². The molecule has 150 valence electrons. The maximum atomic E-state index is 11.7. The van der Waals surface area contributed by atoms with Gasteiger partial charge in [-0.1, -0.05) is 6.07 Å². The summed E-state index contributed by atoms with van der Waals surface area (Å²) in [5.41, 5.74) is 3.28. The minimum absolute atomic E-state index is 0.241. The van der Waals surface area contributed by atoms with Gasteiger partial charge in [-0.05, 0) is 36.4 Å². The summed E-state index contributed by atoms with van der Waals surface area (Å²) in [6.07, 6.45) is 4.64. The van der Waals surface area contributed by atoms with Crippen LogP contribution in [0.15, 0.2) is 65.8 Å². The molecule has 8 nitrogen and oxygen atoms in total. The topological polar surface area (TPSA) is 103 Å². The first-order valence-corrected chi connectivity index (χ1v) is 11.0. The Labute approximate surface area is 172 Å². The van der Waals surface area contributed by atoms with E-state index in [-0.39, 0.29) is 4.90 Å². The zero-order valence-electron chi connectivity index (χ0n) is 16.2. The van der Waals surface area contributed by atoms with Crippen LogP contribution in [0.5, 0.6) is 11.5 Å². The van der Waals surface area contributed by atoms with Gasteiger partial charge in [-0.3, -0.25) is 9.78 Å². The molecule has 0 aliphatic carbocycles. The van der Waals surface area contributed by atoms with Gasteiger partial charge >= 0.3 is 0 Å². The van der Waals surface area contributed by atoms with Gasteiger partial charge in [0.2, 0.25) is 0 Å². The molecular formula is C21H17N5O3S. The summed E-state index contributed by atoms with van der Waals surface area (Å²) >= 11 is 0. The van der Waals surface area contributed by atoms with Crippen LogP contribution >= 0.6 is 0 Å². The second-order valence-corrected chi connectivity index (χ2v) is 9.04. The van der Waals surface area contributed by atoms with Crippen molar-refractivity contribution in [3.8, 4) is 22.8 Å². The Morgan fingerprint density at radius 3 is 2.60 bits per heavy atom. The highest BCUT2D eigenvalue weighted by Crippen LogP contribution is 2.34. The van der Waals surface area contributed by atoms with Crippen LogP contribution in [0.4, 0.5) is 0 Å². The van der Waals surface area contributed by atoms with Crippen LogP contribution in [0, 0.1) is 0 Å². The van der Waals surface area contributed by atoms with Gasteiger partial charge < -0.3 is 4.74 Å². The summed E-state index contributed by atoms with van der Waals surface area (Å²) in [7, 11) is -1.44. The van der Waals surface area contributed by atoms with Crippen molar-refractivity contribution in [2.24, 2.45) is 7.05 Å². The molecule has 9 heteroatoms. The number of benzene rings is 2. The Hall–Kier alpha value is -3.72. The average Bonchev–Trinajstić information content (AvgIpc) is 3.34. The zero-order valence-corrected chi connectivity index (χ0v) is 17.0. The standard InChI is InChI=1S/C21H17N5O3S/c1-26-21-17(12-23-26)20(29-15-4-6-16(7-5-15)30(2,27)28)10-19(24-21)13-3-8-18-14(9-13)11-22-25-18/h3-12H,1-2H3,(H,22,25). The van der Waals surface area contributed by atoms with Gasteiger partial charge in [0.25, 0.3) is 0 Å². The largest absolute Gasteiger partial charge is 0.456 e. The normalized spacial score (nSPS) is 11.9. The lowest BCUT2D eigenvalue weighted by Crippen LogP contribution is -1.97. The predicted molar refractivity (Wildman–Crippen MR) is 113 cm³/mol. The molecule has 2 aromatic carbocycles.